The van der Waals surface area contributed by atoms with Crippen LogP contribution in [0, 0.1) is 5.82 Å². The van der Waals surface area contributed by atoms with Crippen molar-refractivity contribution in [1.82, 2.24) is 10.2 Å². The van der Waals surface area contributed by atoms with Crippen molar-refractivity contribution in [3.8, 4) is 5.75 Å². The Labute approximate surface area is 114 Å². The summed E-state index contributed by atoms with van der Waals surface area (Å²) in [4.78, 5) is 2.22. The van der Waals surface area contributed by atoms with Gasteiger partial charge in [0.2, 0.25) is 0 Å². The first-order valence-corrected chi connectivity index (χ1v) is 6.95. The van der Waals surface area contributed by atoms with Crippen molar-refractivity contribution in [2.75, 3.05) is 14.1 Å². The summed E-state index contributed by atoms with van der Waals surface area (Å²) in [5.41, 5.74) is 0.665. The molecule has 1 saturated carbocycles. The van der Waals surface area contributed by atoms with Gasteiger partial charge in [-0.15, -0.1) is 0 Å². The number of hydrogen-bond donors (Lipinski definition) is 2. The highest BCUT2D eigenvalue weighted by atomic mass is 19.1. The molecule has 0 aromatic heterocycles. The Bertz CT molecular complexity index is 417. The fourth-order valence-electron chi connectivity index (χ4n) is 2.88. The smallest absolute Gasteiger partial charge is 0.123 e. The predicted octanol–water partition coefficient (Wildman–Crippen LogP) is 2.49. The summed E-state index contributed by atoms with van der Waals surface area (Å²) in [7, 11) is 4.06. The molecule has 2 rings (SSSR count). The van der Waals surface area contributed by atoms with Crippen molar-refractivity contribution < 1.29 is 9.50 Å². The number of nitrogens with zero attached hydrogens (tertiary/aromatic N) is 1. The molecule has 19 heavy (non-hydrogen) atoms. The number of rotatable bonds is 4. The lowest BCUT2D eigenvalue weighted by atomic mass is 9.90. The summed E-state index contributed by atoms with van der Waals surface area (Å²) in [6.45, 7) is 0.596. The molecule has 0 amide bonds. The number of phenolic OH excluding ortho intramolecular Hbond substituents is 1. The van der Waals surface area contributed by atoms with Crippen molar-refractivity contribution in [3.05, 3.63) is 29.6 Å². The molecule has 4 heteroatoms. The van der Waals surface area contributed by atoms with Crippen molar-refractivity contribution in [3.63, 3.8) is 0 Å². The second-order valence-corrected chi connectivity index (χ2v) is 5.48. The van der Waals surface area contributed by atoms with E-state index in [1.54, 1.807) is 0 Å². The van der Waals surface area contributed by atoms with Crippen LogP contribution >= 0.6 is 0 Å². The molecule has 0 bridgehead atoms. The summed E-state index contributed by atoms with van der Waals surface area (Å²) >= 11 is 0. The first-order valence-electron chi connectivity index (χ1n) is 6.95. The minimum absolute atomic E-state index is 0.178. The molecule has 1 aromatic rings. The van der Waals surface area contributed by atoms with Crippen LogP contribution in [0.5, 0.6) is 5.75 Å². The number of nitrogens with one attached hydrogen (secondary N) is 1. The van der Waals surface area contributed by atoms with E-state index in [2.05, 4.69) is 17.3 Å². The van der Waals surface area contributed by atoms with E-state index >= 15 is 0 Å². The Hall–Kier alpha value is -1.13. The van der Waals surface area contributed by atoms with Gasteiger partial charge in [0.25, 0.3) is 0 Å². The van der Waals surface area contributed by atoms with Crippen LogP contribution in [-0.4, -0.2) is 36.2 Å². The van der Waals surface area contributed by atoms with Crippen molar-refractivity contribution in [1.29, 1.82) is 0 Å². The van der Waals surface area contributed by atoms with Gasteiger partial charge in [0, 0.05) is 24.2 Å². The minimum atomic E-state index is -0.292. The zero-order valence-corrected chi connectivity index (χ0v) is 11.7. The summed E-state index contributed by atoms with van der Waals surface area (Å²) in [6.07, 6.45) is 4.66. The average molecular weight is 266 g/mol. The van der Waals surface area contributed by atoms with Crippen molar-refractivity contribution in [2.45, 2.75) is 44.3 Å². The van der Waals surface area contributed by atoms with Gasteiger partial charge in [0.05, 0.1) is 0 Å². The third kappa shape index (κ3) is 3.67. The topological polar surface area (TPSA) is 35.5 Å². The van der Waals surface area contributed by atoms with Gasteiger partial charge in [-0.3, -0.25) is 4.90 Å². The highest BCUT2D eigenvalue weighted by Gasteiger charge is 2.23. The number of phenols is 1. The zero-order valence-electron chi connectivity index (χ0n) is 11.7. The maximum Gasteiger partial charge on any atom is 0.123 e. The molecule has 0 unspecified atom stereocenters. The molecule has 1 aliphatic rings. The Kier molecular flexibility index (Phi) is 4.77. The number of benzene rings is 1. The van der Waals surface area contributed by atoms with E-state index in [1.165, 1.54) is 31.0 Å². The molecule has 1 fully saturated rings. The summed E-state index contributed by atoms with van der Waals surface area (Å²) in [5.74, 6) is -0.114. The highest BCUT2D eigenvalue weighted by molar-refractivity contribution is 5.32. The first kappa shape index (κ1) is 14.3. The number of halogens is 1. The Morgan fingerprint density at radius 3 is 2.63 bits per heavy atom. The highest BCUT2D eigenvalue weighted by Crippen LogP contribution is 2.25. The fourth-order valence-corrected chi connectivity index (χ4v) is 2.88. The van der Waals surface area contributed by atoms with Gasteiger partial charge in [-0.2, -0.15) is 0 Å². The van der Waals surface area contributed by atoms with Crippen molar-refractivity contribution in [2.24, 2.45) is 0 Å². The second kappa shape index (κ2) is 6.35. The SMILES string of the molecule is CNC1CCC(N(C)Cc2cc(F)ccc2O)CC1. The standard InChI is InChI=1S/C15H23FN2O/c1-17-13-4-6-14(7-5-13)18(2)10-11-9-12(16)3-8-15(11)19/h3,8-9,13-14,17,19H,4-7,10H2,1-2H3. The predicted molar refractivity (Wildman–Crippen MR) is 74.6 cm³/mol. The van der Waals surface area contributed by atoms with Crippen LogP contribution in [-0.2, 0) is 6.54 Å². The van der Waals surface area contributed by atoms with E-state index in [0.717, 1.165) is 12.8 Å². The van der Waals surface area contributed by atoms with Gasteiger partial charge in [0.1, 0.15) is 11.6 Å². The molecular formula is C15H23FN2O. The summed E-state index contributed by atoms with van der Waals surface area (Å²) < 4.78 is 13.2. The summed E-state index contributed by atoms with van der Waals surface area (Å²) in [5, 5.41) is 13.1. The average Bonchev–Trinajstić information content (AvgIpc) is 2.43. The molecular weight excluding hydrogens is 243 g/mol. The van der Waals surface area contributed by atoms with Crippen LogP contribution < -0.4 is 5.32 Å². The van der Waals surface area contributed by atoms with Gasteiger partial charge in [-0.05, 0) is 58.0 Å². The molecule has 2 N–H and O–H groups in total. The quantitative estimate of drug-likeness (QED) is 0.879. The van der Waals surface area contributed by atoms with Gasteiger partial charge in [-0.1, -0.05) is 0 Å². The minimum Gasteiger partial charge on any atom is -0.508 e. The van der Waals surface area contributed by atoms with E-state index in [4.69, 9.17) is 0 Å². The van der Waals surface area contributed by atoms with Gasteiger partial charge >= 0.3 is 0 Å². The molecule has 0 saturated heterocycles. The fraction of sp³-hybridized carbons (Fsp3) is 0.600. The van der Waals surface area contributed by atoms with Crippen LogP contribution in [0.3, 0.4) is 0 Å². The van der Waals surface area contributed by atoms with Crippen LogP contribution in [0.4, 0.5) is 4.39 Å². The Balaban J connectivity index is 1.94. The molecule has 3 nitrogen and oxygen atoms in total. The lowest BCUT2D eigenvalue weighted by molar-refractivity contribution is 0.168. The molecule has 0 spiro atoms. The van der Waals surface area contributed by atoms with Crippen LogP contribution in [0.2, 0.25) is 0 Å². The van der Waals surface area contributed by atoms with E-state index in [1.807, 2.05) is 7.05 Å². The zero-order chi connectivity index (χ0) is 13.8. The molecule has 0 aliphatic heterocycles. The number of hydrogen-bond acceptors (Lipinski definition) is 3. The maximum absolute atomic E-state index is 13.2. The van der Waals surface area contributed by atoms with Gasteiger partial charge in [0.15, 0.2) is 0 Å². The first-order chi connectivity index (χ1) is 9.10. The van der Waals surface area contributed by atoms with E-state index in [9.17, 15) is 9.50 Å². The third-order valence-corrected chi connectivity index (χ3v) is 4.19. The van der Waals surface area contributed by atoms with Gasteiger partial charge in [-0.25, -0.2) is 4.39 Å². The van der Waals surface area contributed by atoms with E-state index in [0.29, 0.717) is 24.2 Å². The Morgan fingerprint density at radius 1 is 1.32 bits per heavy atom. The Morgan fingerprint density at radius 2 is 2.00 bits per heavy atom. The number of aromatic hydroxyl groups is 1. The molecule has 0 atom stereocenters. The van der Waals surface area contributed by atoms with Crippen LogP contribution in [0.15, 0.2) is 18.2 Å². The van der Waals surface area contributed by atoms with E-state index in [-0.39, 0.29) is 11.6 Å². The van der Waals surface area contributed by atoms with Gasteiger partial charge < -0.3 is 10.4 Å². The third-order valence-electron chi connectivity index (χ3n) is 4.19. The largest absolute Gasteiger partial charge is 0.508 e. The second-order valence-electron chi connectivity index (χ2n) is 5.48. The van der Waals surface area contributed by atoms with Crippen LogP contribution in [0.1, 0.15) is 31.2 Å². The molecule has 106 valence electrons. The van der Waals surface area contributed by atoms with Crippen LogP contribution in [0.25, 0.3) is 0 Å². The van der Waals surface area contributed by atoms with Crippen molar-refractivity contribution >= 4 is 0 Å². The molecule has 0 heterocycles. The molecule has 1 aliphatic carbocycles. The monoisotopic (exact) mass is 266 g/mol. The lowest BCUT2D eigenvalue weighted by Crippen LogP contribution is -2.39. The molecule has 0 radical (unpaired) electrons. The summed E-state index contributed by atoms with van der Waals surface area (Å²) in [6, 6.07) is 5.29. The maximum atomic E-state index is 13.2. The lowest BCUT2D eigenvalue weighted by Gasteiger charge is -2.34. The molecule has 1 aromatic carbocycles. The van der Waals surface area contributed by atoms with E-state index < -0.39 is 0 Å². The normalized spacial score (nSPS) is 23.8.